The van der Waals surface area contributed by atoms with Crippen molar-refractivity contribution >= 4 is 25.5 Å². The molecular weight excluding hydrogens is 326 g/mol. The van der Waals surface area contributed by atoms with E-state index < -0.39 is 14.9 Å². The van der Waals surface area contributed by atoms with Gasteiger partial charge in [-0.05, 0) is 10.6 Å². The van der Waals surface area contributed by atoms with Crippen molar-refractivity contribution in [3.8, 4) is 0 Å². The molecule has 0 spiro atoms. The van der Waals surface area contributed by atoms with Gasteiger partial charge in [-0.1, -0.05) is 72.8 Å². The van der Waals surface area contributed by atoms with Gasteiger partial charge in [0, 0.05) is 0 Å². The third-order valence-electron chi connectivity index (χ3n) is 2.96. The fourth-order valence-corrected chi connectivity index (χ4v) is 8.27. The maximum Gasteiger partial charge on any atom is 0.358 e. The van der Waals surface area contributed by atoms with Crippen LogP contribution in [0.25, 0.3) is 0 Å². The van der Waals surface area contributed by atoms with Crippen LogP contribution in [0.2, 0.25) is 0 Å². The van der Waals surface area contributed by atoms with Crippen molar-refractivity contribution in [1.82, 2.24) is 0 Å². The quantitative estimate of drug-likeness (QED) is 0.490. The second-order valence-corrected chi connectivity index (χ2v) is 10.4. The normalized spacial score (nSPS) is 11.3. The summed E-state index contributed by atoms with van der Waals surface area (Å²) in [6, 6.07) is 19.4. The molecule has 0 heterocycles. The molecule has 0 aliphatic heterocycles. The summed E-state index contributed by atoms with van der Waals surface area (Å²) in [5.74, 6) is 0. The maximum absolute atomic E-state index is 13.5. The van der Waals surface area contributed by atoms with E-state index >= 15 is 0 Å². The highest BCUT2D eigenvalue weighted by Crippen LogP contribution is 2.75. The van der Waals surface area contributed by atoms with Crippen molar-refractivity contribution in [3.63, 3.8) is 0 Å². The van der Waals surface area contributed by atoms with Crippen LogP contribution in [0.5, 0.6) is 0 Å². The van der Waals surface area contributed by atoms with Crippen molar-refractivity contribution in [2.24, 2.45) is 0 Å². The first-order chi connectivity index (χ1) is 11.2. The first kappa shape index (κ1) is 17.8. The Morgan fingerprint density at radius 1 is 0.826 bits per heavy atom. The Bertz CT molecular complexity index is 616. The van der Waals surface area contributed by atoms with E-state index in [4.69, 9.17) is 9.05 Å². The molecule has 0 fully saturated rings. The van der Waals surface area contributed by atoms with Gasteiger partial charge >= 0.3 is 7.28 Å². The molecule has 0 aliphatic rings. The van der Waals surface area contributed by atoms with Gasteiger partial charge in [0.15, 0.2) is 0 Å². The van der Waals surface area contributed by atoms with Crippen LogP contribution in [-0.2, 0) is 13.6 Å². The third kappa shape index (κ3) is 4.73. The summed E-state index contributed by atoms with van der Waals surface area (Å²) < 4.78 is 24.8. The molecule has 0 saturated heterocycles. The van der Waals surface area contributed by atoms with E-state index in [1.54, 1.807) is 12.2 Å². The van der Waals surface area contributed by atoms with Gasteiger partial charge < -0.3 is 9.05 Å². The largest absolute Gasteiger partial charge is 0.358 e. The topological polar surface area (TPSA) is 35.5 Å². The molecule has 2 aromatic rings. The van der Waals surface area contributed by atoms with E-state index in [1.807, 2.05) is 60.7 Å². The molecule has 0 saturated carbocycles. The fourth-order valence-electron chi connectivity index (χ4n) is 2.02. The Hall–Kier alpha value is -1.50. The zero-order chi connectivity index (χ0) is 16.5. The molecule has 0 atom stereocenters. The van der Waals surface area contributed by atoms with Crippen LogP contribution in [0.15, 0.2) is 86.0 Å². The maximum atomic E-state index is 13.5. The monoisotopic (exact) mass is 346 g/mol. The zero-order valence-electron chi connectivity index (χ0n) is 12.9. The molecule has 0 N–H and O–H groups in total. The molecule has 0 aromatic heterocycles. The predicted molar refractivity (Wildman–Crippen MR) is 99.0 cm³/mol. The van der Waals surface area contributed by atoms with Gasteiger partial charge in [-0.2, -0.15) is 0 Å². The highest BCUT2D eigenvalue weighted by atomic mass is 32.1. The Balaban J connectivity index is 2.50. The summed E-state index contributed by atoms with van der Waals surface area (Å²) in [6.45, 7) is 7.62. The summed E-state index contributed by atoms with van der Waals surface area (Å²) in [6.07, 6.45) is 3.15. The summed E-state index contributed by atoms with van der Waals surface area (Å²) in [4.78, 5) is 0. The Labute approximate surface area is 138 Å². The number of benzene rings is 2. The second kappa shape index (κ2) is 8.96. The molecule has 5 heteroatoms. The summed E-state index contributed by atoms with van der Waals surface area (Å²) in [5.41, 5.74) is 0. The minimum absolute atomic E-state index is 0.174. The van der Waals surface area contributed by atoms with Crippen molar-refractivity contribution in [2.45, 2.75) is 0 Å². The zero-order valence-corrected chi connectivity index (χ0v) is 14.7. The van der Waals surface area contributed by atoms with Crippen molar-refractivity contribution < 1.29 is 13.6 Å². The fraction of sp³-hybridized carbons (Fsp3) is 0.111. The lowest BCUT2D eigenvalue weighted by molar-refractivity contribution is 0.254. The summed E-state index contributed by atoms with van der Waals surface area (Å²) >= 11 is 0. The van der Waals surface area contributed by atoms with Gasteiger partial charge in [-0.15, -0.1) is 13.2 Å². The Kier molecular flexibility index (Phi) is 6.95. The molecule has 2 rings (SSSR count). The lowest BCUT2D eigenvalue weighted by Crippen LogP contribution is -2.14. The molecule has 2 aromatic carbocycles. The average Bonchev–Trinajstić information content (AvgIpc) is 2.60. The van der Waals surface area contributed by atoms with Crippen molar-refractivity contribution in [3.05, 3.63) is 86.0 Å². The molecular formula is C18H20O3P2. The van der Waals surface area contributed by atoms with Crippen molar-refractivity contribution in [2.75, 3.05) is 13.2 Å². The van der Waals surface area contributed by atoms with E-state index in [1.165, 1.54) is 0 Å². The SMILES string of the molecule is C=CCOP(=O)(OCC=C)P(c1ccccc1)c1ccccc1. The molecule has 0 bridgehead atoms. The van der Waals surface area contributed by atoms with E-state index in [2.05, 4.69) is 13.2 Å². The molecule has 0 aliphatic carbocycles. The minimum Gasteiger partial charge on any atom is -0.301 e. The van der Waals surface area contributed by atoms with E-state index in [-0.39, 0.29) is 13.2 Å². The lowest BCUT2D eigenvalue weighted by Gasteiger charge is -2.27. The van der Waals surface area contributed by atoms with Crippen LogP contribution in [0, 0.1) is 0 Å². The Morgan fingerprint density at radius 2 is 1.22 bits per heavy atom. The highest BCUT2D eigenvalue weighted by molar-refractivity contribution is 8.35. The van der Waals surface area contributed by atoms with E-state index in [0.29, 0.717) is 0 Å². The minimum atomic E-state index is -3.38. The van der Waals surface area contributed by atoms with Gasteiger partial charge in [0.2, 0.25) is 0 Å². The number of hydrogen-bond acceptors (Lipinski definition) is 3. The predicted octanol–water partition coefficient (Wildman–Crippen LogP) is 4.63. The van der Waals surface area contributed by atoms with Crippen LogP contribution in [0.3, 0.4) is 0 Å². The molecule has 120 valence electrons. The Morgan fingerprint density at radius 3 is 1.57 bits per heavy atom. The average molecular weight is 346 g/mol. The molecule has 0 radical (unpaired) electrons. The number of rotatable bonds is 9. The van der Waals surface area contributed by atoms with E-state index in [0.717, 1.165) is 10.6 Å². The van der Waals surface area contributed by atoms with Crippen LogP contribution < -0.4 is 10.6 Å². The van der Waals surface area contributed by atoms with Crippen LogP contribution in [0.4, 0.5) is 0 Å². The smallest absolute Gasteiger partial charge is 0.301 e. The summed E-state index contributed by atoms with van der Waals surface area (Å²) in [5, 5.41) is 1.90. The third-order valence-corrected chi connectivity index (χ3v) is 9.52. The first-order valence-electron chi connectivity index (χ1n) is 7.23. The molecule has 0 unspecified atom stereocenters. The van der Waals surface area contributed by atoms with Crippen molar-refractivity contribution in [1.29, 1.82) is 0 Å². The standard InChI is InChI=1S/C18H20O3P2/c1-3-15-20-23(19,21-16-4-2)22(17-11-7-5-8-12-17)18-13-9-6-10-14-18/h3-14H,1-2,15-16H2. The van der Waals surface area contributed by atoms with Crippen LogP contribution in [0.1, 0.15) is 0 Å². The first-order valence-corrected chi connectivity index (χ1v) is 10.8. The summed E-state index contributed by atoms with van der Waals surface area (Å²) in [7, 11) is -4.69. The van der Waals surface area contributed by atoms with E-state index in [9.17, 15) is 4.57 Å². The molecule has 3 nitrogen and oxygen atoms in total. The number of hydrogen-bond donors (Lipinski definition) is 0. The van der Waals surface area contributed by atoms with Gasteiger partial charge in [-0.3, -0.25) is 4.57 Å². The van der Waals surface area contributed by atoms with Gasteiger partial charge in [0.25, 0.3) is 0 Å². The van der Waals surface area contributed by atoms with Gasteiger partial charge in [0.1, 0.15) is 0 Å². The molecule has 23 heavy (non-hydrogen) atoms. The van der Waals surface area contributed by atoms with Gasteiger partial charge in [0.05, 0.1) is 20.8 Å². The van der Waals surface area contributed by atoms with Gasteiger partial charge in [-0.25, -0.2) is 0 Å². The lowest BCUT2D eigenvalue weighted by atomic mass is 10.4. The van der Waals surface area contributed by atoms with Crippen LogP contribution >= 0.6 is 14.9 Å². The van der Waals surface area contributed by atoms with Crippen LogP contribution in [-0.4, -0.2) is 13.2 Å². The molecule has 0 amide bonds. The highest BCUT2D eigenvalue weighted by Gasteiger charge is 2.38. The second-order valence-electron chi connectivity index (χ2n) is 4.62.